The molecule has 22 heavy (non-hydrogen) atoms. The molecule has 2 aromatic carbocycles. The summed E-state index contributed by atoms with van der Waals surface area (Å²) < 4.78 is 11.3. The third-order valence-electron chi connectivity index (χ3n) is 3.94. The molecule has 114 valence electrons. The number of nitrogens with zero attached hydrogens (tertiary/aromatic N) is 1. The van der Waals surface area contributed by atoms with E-state index < -0.39 is 0 Å². The fourth-order valence-corrected chi connectivity index (χ4v) is 2.53. The Bertz CT molecular complexity index is 696. The van der Waals surface area contributed by atoms with Crippen molar-refractivity contribution in [1.29, 1.82) is 0 Å². The Balaban J connectivity index is 1.72. The van der Waals surface area contributed by atoms with Gasteiger partial charge in [-0.25, -0.2) is 0 Å². The van der Waals surface area contributed by atoms with Crippen LogP contribution in [-0.2, 0) is 4.79 Å². The van der Waals surface area contributed by atoms with E-state index in [1.54, 1.807) is 4.90 Å². The number of para-hydroxylation sites is 2. The molecule has 0 atom stereocenters. The highest BCUT2D eigenvalue weighted by molar-refractivity contribution is 5.96. The summed E-state index contributed by atoms with van der Waals surface area (Å²) in [6, 6.07) is 13.4. The predicted molar refractivity (Wildman–Crippen MR) is 85.7 cm³/mol. The maximum absolute atomic E-state index is 12.5. The SMILES string of the molecule is Cc1cccc(OCC(=O)N2CCOc3ccccc32)c1C. The molecule has 3 rings (SSSR count). The Hall–Kier alpha value is -2.49. The smallest absolute Gasteiger partial charge is 0.265 e. The van der Waals surface area contributed by atoms with Crippen LogP contribution >= 0.6 is 0 Å². The predicted octanol–water partition coefficient (Wildman–Crippen LogP) is 3.11. The molecular weight excluding hydrogens is 278 g/mol. The zero-order chi connectivity index (χ0) is 15.5. The number of anilines is 1. The highest BCUT2D eigenvalue weighted by Crippen LogP contribution is 2.31. The van der Waals surface area contributed by atoms with Crippen molar-refractivity contribution < 1.29 is 14.3 Å². The minimum absolute atomic E-state index is 0.0264. The van der Waals surface area contributed by atoms with Crippen LogP contribution in [-0.4, -0.2) is 25.7 Å². The van der Waals surface area contributed by atoms with Crippen molar-refractivity contribution >= 4 is 11.6 Å². The van der Waals surface area contributed by atoms with E-state index in [1.807, 2.05) is 56.3 Å². The van der Waals surface area contributed by atoms with Crippen LogP contribution in [0.25, 0.3) is 0 Å². The lowest BCUT2D eigenvalue weighted by Gasteiger charge is -2.29. The third kappa shape index (κ3) is 2.77. The van der Waals surface area contributed by atoms with E-state index in [1.165, 1.54) is 0 Å². The van der Waals surface area contributed by atoms with E-state index in [9.17, 15) is 4.79 Å². The van der Waals surface area contributed by atoms with Crippen LogP contribution in [0.3, 0.4) is 0 Å². The molecule has 0 saturated heterocycles. The lowest BCUT2D eigenvalue weighted by atomic mass is 10.1. The number of carbonyl (C=O) groups excluding carboxylic acids is 1. The number of hydrogen-bond donors (Lipinski definition) is 0. The first-order valence-electron chi connectivity index (χ1n) is 7.38. The molecule has 0 N–H and O–H groups in total. The van der Waals surface area contributed by atoms with Crippen LogP contribution in [0.4, 0.5) is 5.69 Å². The molecule has 0 bridgehead atoms. The first-order valence-corrected chi connectivity index (χ1v) is 7.38. The van der Waals surface area contributed by atoms with Gasteiger partial charge in [-0.1, -0.05) is 24.3 Å². The maximum Gasteiger partial charge on any atom is 0.265 e. The maximum atomic E-state index is 12.5. The van der Waals surface area contributed by atoms with Gasteiger partial charge in [-0.3, -0.25) is 4.79 Å². The third-order valence-corrected chi connectivity index (χ3v) is 3.94. The number of aryl methyl sites for hydroxylation is 1. The number of rotatable bonds is 3. The summed E-state index contributed by atoms with van der Waals surface area (Å²) in [5.74, 6) is 1.44. The van der Waals surface area contributed by atoms with Crippen molar-refractivity contribution in [2.75, 3.05) is 24.7 Å². The van der Waals surface area contributed by atoms with E-state index in [0.717, 1.165) is 28.3 Å². The fourth-order valence-electron chi connectivity index (χ4n) is 2.53. The van der Waals surface area contributed by atoms with Gasteiger partial charge in [-0.15, -0.1) is 0 Å². The van der Waals surface area contributed by atoms with Crippen molar-refractivity contribution in [2.45, 2.75) is 13.8 Å². The topological polar surface area (TPSA) is 38.8 Å². The summed E-state index contributed by atoms with van der Waals surface area (Å²) >= 11 is 0. The van der Waals surface area contributed by atoms with Crippen LogP contribution in [0.1, 0.15) is 11.1 Å². The molecule has 4 nitrogen and oxygen atoms in total. The van der Waals surface area contributed by atoms with Gasteiger partial charge < -0.3 is 14.4 Å². The van der Waals surface area contributed by atoms with Gasteiger partial charge in [0, 0.05) is 0 Å². The van der Waals surface area contributed by atoms with Gasteiger partial charge in [0.1, 0.15) is 18.1 Å². The van der Waals surface area contributed by atoms with Crippen LogP contribution in [0, 0.1) is 13.8 Å². The normalized spacial score (nSPS) is 13.3. The van der Waals surface area contributed by atoms with Crippen molar-refractivity contribution in [3.8, 4) is 11.5 Å². The first-order chi connectivity index (χ1) is 10.7. The largest absolute Gasteiger partial charge is 0.490 e. The number of benzene rings is 2. The van der Waals surface area contributed by atoms with Gasteiger partial charge in [0.2, 0.25) is 0 Å². The minimum atomic E-state index is -0.0587. The molecule has 0 radical (unpaired) electrons. The fraction of sp³-hybridized carbons (Fsp3) is 0.278. The molecule has 0 unspecified atom stereocenters. The molecule has 2 aromatic rings. The molecule has 1 aliphatic heterocycles. The van der Waals surface area contributed by atoms with Crippen LogP contribution in [0.15, 0.2) is 42.5 Å². The second-order valence-electron chi connectivity index (χ2n) is 5.35. The molecular formula is C18H19NO3. The minimum Gasteiger partial charge on any atom is -0.490 e. The van der Waals surface area contributed by atoms with Gasteiger partial charge in [0.05, 0.1) is 12.2 Å². The number of hydrogen-bond acceptors (Lipinski definition) is 3. The van der Waals surface area contributed by atoms with E-state index in [2.05, 4.69) is 0 Å². The molecule has 0 aromatic heterocycles. The average Bonchev–Trinajstić information content (AvgIpc) is 2.55. The molecule has 0 aliphatic carbocycles. The Kier molecular flexibility index (Phi) is 4.00. The highest BCUT2D eigenvalue weighted by Gasteiger charge is 2.23. The summed E-state index contributed by atoms with van der Waals surface area (Å²) in [6.45, 7) is 5.11. The Morgan fingerprint density at radius 1 is 1.18 bits per heavy atom. The van der Waals surface area contributed by atoms with Crippen molar-refractivity contribution in [1.82, 2.24) is 0 Å². The van der Waals surface area contributed by atoms with Crippen LogP contribution in [0.2, 0.25) is 0 Å². The summed E-state index contributed by atoms with van der Waals surface area (Å²) in [5, 5.41) is 0. The summed E-state index contributed by atoms with van der Waals surface area (Å²) in [4.78, 5) is 14.2. The molecule has 0 saturated carbocycles. The average molecular weight is 297 g/mol. The zero-order valence-corrected chi connectivity index (χ0v) is 12.8. The van der Waals surface area contributed by atoms with Crippen LogP contribution < -0.4 is 14.4 Å². The Labute approximate surface area is 130 Å². The lowest BCUT2D eigenvalue weighted by Crippen LogP contribution is -2.40. The number of fused-ring (bicyclic) bond motifs is 1. The van der Waals surface area contributed by atoms with Gasteiger partial charge in [0.25, 0.3) is 5.91 Å². The number of amides is 1. The van der Waals surface area contributed by atoms with E-state index in [4.69, 9.17) is 9.47 Å². The summed E-state index contributed by atoms with van der Waals surface area (Å²) in [5.41, 5.74) is 3.03. The Morgan fingerprint density at radius 3 is 2.86 bits per heavy atom. The van der Waals surface area contributed by atoms with Gasteiger partial charge in [-0.2, -0.15) is 0 Å². The number of carbonyl (C=O) groups is 1. The monoisotopic (exact) mass is 297 g/mol. The molecule has 4 heteroatoms. The Morgan fingerprint density at radius 2 is 2.00 bits per heavy atom. The van der Waals surface area contributed by atoms with E-state index >= 15 is 0 Å². The highest BCUT2D eigenvalue weighted by atomic mass is 16.5. The van der Waals surface area contributed by atoms with Crippen molar-refractivity contribution in [3.05, 3.63) is 53.6 Å². The standard InChI is InChI=1S/C18H19NO3/c1-13-6-5-9-16(14(13)2)22-12-18(20)19-10-11-21-17-8-4-3-7-15(17)19/h3-9H,10-12H2,1-2H3. The quantitative estimate of drug-likeness (QED) is 0.874. The van der Waals surface area contributed by atoms with Crippen LogP contribution in [0.5, 0.6) is 11.5 Å². The number of ether oxygens (including phenoxy) is 2. The first kappa shape index (κ1) is 14.4. The molecule has 1 heterocycles. The van der Waals surface area contributed by atoms with Gasteiger partial charge in [-0.05, 0) is 43.2 Å². The molecule has 1 aliphatic rings. The lowest BCUT2D eigenvalue weighted by molar-refractivity contribution is -0.120. The van der Waals surface area contributed by atoms with Crippen molar-refractivity contribution in [3.63, 3.8) is 0 Å². The molecule has 1 amide bonds. The van der Waals surface area contributed by atoms with Crippen molar-refractivity contribution in [2.24, 2.45) is 0 Å². The van der Waals surface area contributed by atoms with Gasteiger partial charge >= 0.3 is 0 Å². The second-order valence-corrected chi connectivity index (χ2v) is 5.35. The summed E-state index contributed by atoms with van der Waals surface area (Å²) in [6.07, 6.45) is 0. The van der Waals surface area contributed by atoms with E-state index in [-0.39, 0.29) is 12.5 Å². The summed E-state index contributed by atoms with van der Waals surface area (Å²) in [7, 11) is 0. The van der Waals surface area contributed by atoms with Gasteiger partial charge in [0.15, 0.2) is 6.61 Å². The molecule has 0 fully saturated rings. The zero-order valence-electron chi connectivity index (χ0n) is 12.8. The second kappa shape index (κ2) is 6.10. The molecule has 0 spiro atoms. The van der Waals surface area contributed by atoms with E-state index in [0.29, 0.717) is 13.2 Å².